The summed E-state index contributed by atoms with van der Waals surface area (Å²) in [6.07, 6.45) is -4.21. The molecule has 0 aromatic heterocycles. The summed E-state index contributed by atoms with van der Waals surface area (Å²) in [6.45, 7) is 0. The van der Waals surface area contributed by atoms with Gasteiger partial charge in [-0.05, 0) is 24.1 Å². The van der Waals surface area contributed by atoms with Gasteiger partial charge < -0.3 is 0 Å². The first-order valence-corrected chi connectivity index (χ1v) is 4.15. The van der Waals surface area contributed by atoms with Gasteiger partial charge in [-0.2, -0.15) is 13.2 Å². The number of halogens is 4. The molecule has 15 heavy (non-hydrogen) atoms. The molecule has 1 aromatic rings. The van der Waals surface area contributed by atoms with Gasteiger partial charge >= 0.3 is 6.18 Å². The normalized spacial score (nSPS) is 10.4. The molecule has 0 saturated heterocycles. The lowest BCUT2D eigenvalue weighted by Gasteiger charge is -2.08. The average Bonchev–Trinajstić information content (AvgIpc) is 2.15. The van der Waals surface area contributed by atoms with Gasteiger partial charge in [0.15, 0.2) is 6.29 Å². The predicted octanol–water partition coefficient (Wildman–Crippen LogP) is 2.91. The molecule has 0 saturated carbocycles. The molecule has 0 radical (unpaired) electrons. The molecule has 0 aliphatic heterocycles. The van der Waals surface area contributed by atoms with Crippen LogP contribution in [0.15, 0.2) is 18.2 Å². The first-order valence-electron chi connectivity index (χ1n) is 3.77. The molecule has 1 aromatic carbocycles. The van der Waals surface area contributed by atoms with Crippen molar-refractivity contribution in [1.82, 2.24) is 0 Å². The van der Waals surface area contributed by atoms with Crippen LogP contribution in [-0.4, -0.2) is 6.29 Å². The van der Waals surface area contributed by atoms with Crippen molar-refractivity contribution < 1.29 is 18.0 Å². The van der Waals surface area contributed by atoms with Gasteiger partial charge in [0.25, 0.3) is 0 Å². The molecule has 0 unspecified atom stereocenters. The number of aldehydes is 1. The predicted molar refractivity (Wildman–Crippen MR) is 49.4 cm³/mol. The Morgan fingerprint density at radius 1 is 1.33 bits per heavy atom. The number of benzene rings is 1. The highest BCUT2D eigenvalue weighted by Crippen LogP contribution is 2.34. The molecule has 1 nitrogen and oxygen atoms in total. The quantitative estimate of drug-likeness (QED) is 0.497. The van der Waals surface area contributed by atoms with Crippen molar-refractivity contribution in [3.63, 3.8) is 0 Å². The molecule has 0 N–H and O–H groups in total. The maximum Gasteiger partial charge on any atom is 0.417 e. The number of carbonyl (C=O) groups excluding carboxylic acids is 1. The van der Waals surface area contributed by atoms with E-state index in [-0.39, 0.29) is 10.6 Å². The summed E-state index contributed by atoms with van der Waals surface area (Å²) in [5.41, 5.74) is -0.860. The summed E-state index contributed by atoms with van der Waals surface area (Å²) in [4.78, 5) is 9.91. The molecule has 0 heterocycles. The largest absolute Gasteiger partial charge is 0.417 e. The molecule has 0 aliphatic carbocycles. The zero-order valence-electron chi connectivity index (χ0n) is 7.23. The van der Waals surface area contributed by atoms with Crippen molar-refractivity contribution >= 4 is 17.9 Å². The summed E-state index contributed by atoms with van der Waals surface area (Å²) in [7, 11) is 0. The Balaban J connectivity index is 3.23. The van der Waals surface area contributed by atoms with Crippen LogP contribution in [0.25, 0.3) is 0 Å². The van der Waals surface area contributed by atoms with E-state index in [1.807, 2.05) is 5.92 Å². The molecule has 1 rings (SSSR count). The second-order valence-electron chi connectivity index (χ2n) is 2.58. The van der Waals surface area contributed by atoms with Crippen LogP contribution in [0.5, 0.6) is 0 Å². The Bertz CT molecular complexity index is 440. The first-order chi connectivity index (χ1) is 6.95. The lowest BCUT2D eigenvalue weighted by atomic mass is 10.1. The highest BCUT2D eigenvalue weighted by molar-refractivity contribution is 6.31. The average molecular weight is 233 g/mol. The third-order valence-electron chi connectivity index (χ3n) is 1.55. The minimum absolute atomic E-state index is 0.0961. The second kappa shape index (κ2) is 4.37. The summed E-state index contributed by atoms with van der Waals surface area (Å²) >= 11 is 5.38. The van der Waals surface area contributed by atoms with Crippen LogP contribution in [0, 0.1) is 11.8 Å². The lowest BCUT2D eigenvalue weighted by Crippen LogP contribution is -2.06. The van der Waals surface area contributed by atoms with E-state index < -0.39 is 11.7 Å². The molecule has 0 atom stereocenters. The fraction of sp³-hybridized carbons (Fsp3) is 0.100. The Morgan fingerprint density at radius 3 is 2.53 bits per heavy atom. The van der Waals surface area contributed by atoms with Crippen LogP contribution < -0.4 is 0 Å². The molecule has 0 amide bonds. The SMILES string of the molecule is O=CC#Cc1ccc(Cl)c(C(F)(F)F)c1. The lowest BCUT2D eigenvalue weighted by molar-refractivity contribution is -0.137. The third kappa shape index (κ3) is 3.00. The molecule has 0 aliphatic rings. The fourth-order valence-corrected chi connectivity index (χ4v) is 1.16. The van der Waals surface area contributed by atoms with Crippen LogP contribution in [0.4, 0.5) is 13.2 Å². The molecular formula is C10H4ClF3O. The Kier molecular flexibility index (Phi) is 3.38. The Morgan fingerprint density at radius 2 is 2.00 bits per heavy atom. The van der Waals surface area contributed by atoms with E-state index in [0.29, 0.717) is 6.29 Å². The number of hydrogen-bond acceptors (Lipinski definition) is 1. The van der Waals surface area contributed by atoms with Gasteiger partial charge in [0, 0.05) is 5.56 Å². The van der Waals surface area contributed by atoms with Crippen LogP contribution in [-0.2, 0) is 11.0 Å². The molecule has 5 heteroatoms. The fourth-order valence-electron chi connectivity index (χ4n) is 0.933. The molecule has 0 spiro atoms. The van der Waals surface area contributed by atoms with Crippen molar-refractivity contribution in [2.75, 3.05) is 0 Å². The smallest absolute Gasteiger partial charge is 0.289 e. The standard InChI is InChI=1S/C10H4ClF3O/c11-9-4-3-7(2-1-5-15)6-8(9)10(12,13)14/h3-6H. The van der Waals surface area contributed by atoms with Gasteiger partial charge in [0.1, 0.15) is 0 Å². The van der Waals surface area contributed by atoms with Crippen molar-refractivity contribution in [2.24, 2.45) is 0 Å². The highest BCUT2D eigenvalue weighted by atomic mass is 35.5. The van der Waals surface area contributed by atoms with Gasteiger partial charge in [0.2, 0.25) is 0 Å². The maximum atomic E-state index is 12.3. The van der Waals surface area contributed by atoms with E-state index >= 15 is 0 Å². The summed E-state index contributed by atoms with van der Waals surface area (Å²) in [5.74, 6) is 4.28. The van der Waals surface area contributed by atoms with Gasteiger partial charge in [-0.1, -0.05) is 17.5 Å². The second-order valence-corrected chi connectivity index (χ2v) is 2.99. The van der Waals surface area contributed by atoms with Crippen molar-refractivity contribution in [2.45, 2.75) is 6.18 Å². The summed E-state index contributed by atoms with van der Waals surface area (Å²) in [6, 6.07) is 3.21. The number of carbonyl (C=O) groups is 1. The van der Waals surface area contributed by atoms with E-state index in [4.69, 9.17) is 11.6 Å². The minimum Gasteiger partial charge on any atom is -0.289 e. The van der Waals surface area contributed by atoms with Gasteiger partial charge in [-0.15, -0.1) is 0 Å². The first kappa shape index (κ1) is 11.6. The Hall–Kier alpha value is -1.47. The zero-order valence-corrected chi connectivity index (χ0v) is 7.99. The minimum atomic E-state index is -4.52. The number of alkyl halides is 3. The van der Waals surface area contributed by atoms with Gasteiger partial charge in [-0.3, -0.25) is 4.79 Å². The van der Waals surface area contributed by atoms with Crippen LogP contribution >= 0.6 is 11.6 Å². The van der Waals surface area contributed by atoms with Gasteiger partial charge in [-0.25, -0.2) is 0 Å². The molecule has 78 valence electrons. The van der Waals surface area contributed by atoms with E-state index in [0.717, 1.165) is 12.1 Å². The molecule has 0 bridgehead atoms. The summed E-state index contributed by atoms with van der Waals surface area (Å²) < 4.78 is 37.0. The van der Waals surface area contributed by atoms with E-state index in [9.17, 15) is 18.0 Å². The van der Waals surface area contributed by atoms with E-state index in [2.05, 4.69) is 5.92 Å². The Labute approximate surface area is 88.9 Å². The van der Waals surface area contributed by atoms with Crippen molar-refractivity contribution in [1.29, 1.82) is 0 Å². The highest BCUT2D eigenvalue weighted by Gasteiger charge is 2.33. The number of hydrogen-bond donors (Lipinski definition) is 0. The molecular weight excluding hydrogens is 229 g/mol. The third-order valence-corrected chi connectivity index (χ3v) is 1.88. The topological polar surface area (TPSA) is 17.1 Å². The molecule has 0 fully saturated rings. The van der Waals surface area contributed by atoms with Crippen LogP contribution in [0.3, 0.4) is 0 Å². The van der Waals surface area contributed by atoms with Gasteiger partial charge in [0.05, 0.1) is 10.6 Å². The van der Waals surface area contributed by atoms with E-state index in [1.165, 1.54) is 6.07 Å². The van der Waals surface area contributed by atoms with Crippen LogP contribution in [0.1, 0.15) is 11.1 Å². The maximum absolute atomic E-state index is 12.3. The number of rotatable bonds is 0. The van der Waals surface area contributed by atoms with Crippen molar-refractivity contribution in [3.05, 3.63) is 34.3 Å². The zero-order chi connectivity index (χ0) is 11.5. The van der Waals surface area contributed by atoms with Crippen LogP contribution in [0.2, 0.25) is 5.02 Å². The monoisotopic (exact) mass is 232 g/mol. The summed E-state index contributed by atoms with van der Waals surface area (Å²) in [5, 5.41) is -0.390. The van der Waals surface area contributed by atoms with E-state index in [1.54, 1.807) is 0 Å². The van der Waals surface area contributed by atoms with Crippen molar-refractivity contribution in [3.8, 4) is 11.8 Å².